The van der Waals surface area contributed by atoms with Crippen LogP contribution in [0.3, 0.4) is 0 Å². The highest BCUT2D eigenvalue weighted by Crippen LogP contribution is 2.30. The van der Waals surface area contributed by atoms with Crippen LogP contribution in [0.15, 0.2) is 54.6 Å². The first-order valence-electron chi connectivity index (χ1n) is 7.40. The summed E-state index contributed by atoms with van der Waals surface area (Å²) in [7, 11) is 3.48. The van der Waals surface area contributed by atoms with Crippen molar-refractivity contribution in [1.29, 1.82) is 0 Å². The van der Waals surface area contributed by atoms with Gasteiger partial charge in [0.2, 0.25) is 0 Å². The number of rotatable bonds is 7. The van der Waals surface area contributed by atoms with Crippen LogP contribution in [-0.4, -0.2) is 31.9 Å². The predicted octanol–water partition coefficient (Wildman–Crippen LogP) is 3.02. The summed E-state index contributed by atoms with van der Waals surface area (Å²) in [5, 5.41) is 17.2. The van der Waals surface area contributed by atoms with Gasteiger partial charge < -0.3 is 20.5 Å². The van der Waals surface area contributed by atoms with Crippen molar-refractivity contribution in [3.8, 4) is 5.75 Å². The number of hydrogen-bond donors (Lipinski definition) is 3. The molecular formula is C18H25ClN2O2. The molecule has 2 unspecified atom stereocenters. The van der Waals surface area contributed by atoms with Gasteiger partial charge in [0.15, 0.2) is 0 Å². The summed E-state index contributed by atoms with van der Waals surface area (Å²) in [5.41, 5.74) is 1.35. The van der Waals surface area contributed by atoms with E-state index >= 15 is 0 Å². The predicted molar refractivity (Wildman–Crippen MR) is 97.6 cm³/mol. The van der Waals surface area contributed by atoms with Gasteiger partial charge in [0.25, 0.3) is 0 Å². The summed E-state index contributed by atoms with van der Waals surface area (Å²) in [6.45, 7) is 2.49. The smallest absolute Gasteiger partial charge is 0.118 e. The van der Waals surface area contributed by atoms with Crippen molar-refractivity contribution in [1.82, 2.24) is 5.32 Å². The molecule has 2 rings (SSSR count). The first-order chi connectivity index (χ1) is 10.6. The van der Waals surface area contributed by atoms with Crippen LogP contribution in [0.1, 0.15) is 12.5 Å². The minimum Gasteiger partial charge on any atom is -0.497 e. The lowest BCUT2D eigenvalue weighted by atomic mass is 9.85. The van der Waals surface area contributed by atoms with E-state index < -0.39 is 11.6 Å². The number of methoxy groups -OCH3 is 1. The molecule has 0 aliphatic rings. The lowest BCUT2D eigenvalue weighted by molar-refractivity contribution is 0.105. The van der Waals surface area contributed by atoms with E-state index in [0.29, 0.717) is 6.54 Å². The van der Waals surface area contributed by atoms with Crippen molar-refractivity contribution in [2.24, 2.45) is 0 Å². The molecule has 0 saturated carbocycles. The molecule has 0 spiro atoms. The molecule has 0 amide bonds. The molecule has 0 aliphatic carbocycles. The summed E-state index contributed by atoms with van der Waals surface area (Å²) in [6.07, 6.45) is -0.592. The monoisotopic (exact) mass is 336 g/mol. The molecule has 3 N–H and O–H groups in total. The van der Waals surface area contributed by atoms with Gasteiger partial charge in [-0.05, 0) is 43.8 Å². The van der Waals surface area contributed by atoms with E-state index in [-0.39, 0.29) is 12.4 Å². The SMILES string of the molecule is CNCC(O)C(C)(Nc1ccccc1)c1ccc(OC)cc1.Cl. The molecule has 4 nitrogen and oxygen atoms in total. The zero-order valence-corrected chi connectivity index (χ0v) is 14.6. The molecule has 2 atom stereocenters. The van der Waals surface area contributed by atoms with Crippen LogP contribution in [0.4, 0.5) is 5.69 Å². The number of anilines is 1. The summed E-state index contributed by atoms with van der Waals surface area (Å²) in [5.74, 6) is 0.800. The second kappa shape index (κ2) is 8.77. The number of benzene rings is 2. The maximum absolute atomic E-state index is 10.7. The zero-order chi connectivity index (χ0) is 16.0. The highest BCUT2D eigenvalue weighted by molar-refractivity contribution is 5.85. The average molecular weight is 337 g/mol. The Balaban J connectivity index is 0.00000264. The Bertz CT molecular complexity index is 577. The summed E-state index contributed by atoms with van der Waals surface area (Å²) in [4.78, 5) is 0. The van der Waals surface area contributed by atoms with E-state index in [0.717, 1.165) is 17.0 Å². The number of nitrogens with one attached hydrogen (secondary N) is 2. The lowest BCUT2D eigenvalue weighted by Gasteiger charge is -2.37. The molecule has 0 saturated heterocycles. The maximum Gasteiger partial charge on any atom is 0.118 e. The largest absolute Gasteiger partial charge is 0.497 e. The quantitative estimate of drug-likeness (QED) is 0.727. The van der Waals surface area contributed by atoms with Gasteiger partial charge in [0.05, 0.1) is 18.8 Å². The summed E-state index contributed by atoms with van der Waals surface area (Å²) < 4.78 is 5.21. The van der Waals surface area contributed by atoms with Crippen molar-refractivity contribution < 1.29 is 9.84 Å². The van der Waals surface area contributed by atoms with Crippen LogP contribution in [0.2, 0.25) is 0 Å². The molecule has 23 heavy (non-hydrogen) atoms. The first kappa shape index (κ1) is 19.3. The third kappa shape index (κ3) is 4.61. The fourth-order valence-corrected chi connectivity index (χ4v) is 2.50. The molecule has 126 valence electrons. The van der Waals surface area contributed by atoms with Crippen LogP contribution in [0, 0.1) is 0 Å². The van der Waals surface area contributed by atoms with E-state index in [1.165, 1.54) is 0 Å². The van der Waals surface area contributed by atoms with Crippen LogP contribution >= 0.6 is 12.4 Å². The standard InChI is InChI=1S/C18H24N2O2.ClH/c1-18(17(21)13-19-2,20-15-7-5-4-6-8-15)14-9-11-16(22-3)12-10-14;/h4-12,17,19-21H,13H2,1-3H3;1H. The van der Waals surface area contributed by atoms with Crippen molar-refractivity contribution in [2.45, 2.75) is 18.6 Å². The van der Waals surface area contributed by atoms with Crippen molar-refractivity contribution in [2.75, 3.05) is 26.0 Å². The van der Waals surface area contributed by atoms with E-state index in [1.807, 2.05) is 68.6 Å². The Morgan fingerprint density at radius 1 is 1.09 bits per heavy atom. The maximum atomic E-state index is 10.7. The Labute approximate surface area is 144 Å². The van der Waals surface area contributed by atoms with Gasteiger partial charge >= 0.3 is 0 Å². The van der Waals surface area contributed by atoms with Crippen LogP contribution in [0.25, 0.3) is 0 Å². The number of ether oxygens (including phenoxy) is 1. The number of likely N-dealkylation sites (N-methyl/N-ethyl adjacent to an activating group) is 1. The minimum atomic E-state index is -0.614. The average Bonchev–Trinajstić information content (AvgIpc) is 2.56. The number of para-hydroxylation sites is 1. The van der Waals surface area contributed by atoms with Crippen LogP contribution < -0.4 is 15.4 Å². The molecule has 0 aromatic heterocycles. The van der Waals surface area contributed by atoms with Crippen molar-refractivity contribution >= 4 is 18.1 Å². The second-order valence-electron chi connectivity index (χ2n) is 5.50. The Morgan fingerprint density at radius 2 is 1.70 bits per heavy atom. The fourth-order valence-electron chi connectivity index (χ4n) is 2.50. The van der Waals surface area contributed by atoms with E-state index in [1.54, 1.807) is 7.11 Å². The fraction of sp³-hybridized carbons (Fsp3) is 0.333. The second-order valence-corrected chi connectivity index (χ2v) is 5.50. The number of aliphatic hydroxyl groups is 1. The third-order valence-electron chi connectivity index (χ3n) is 3.93. The molecule has 2 aromatic rings. The number of hydrogen-bond acceptors (Lipinski definition) is 4. The van der Waals surface area contributed by atoms with Gasteiger partial charge in [-0.1, -0.05) is 30.3 Å². The van der Waals surface area contributed by atoms with Gasteiger partial charge in [-0.2, -0.15) is 0 Å². The van der Waals surface area contributed by atoms with Crippen LogP contribution in [-0.2, 0) is 5.54 Å². The van der Waals surface area contributed by atoms with Gasteiger partial charge in [-0.3, -0.25) is 0 Å². The molecular weight excluding hydrogens is 312 g/mol. The number of halogens is 1. The van der Waals surface area contributed by atoms with Crippen molar-refractivity contribution in [3.63, 3.8) is 0 Å². The molecule has 2 aromatic carbocycles. The van der Waals surface area contributed by atoms with Crippen molar-refractivity contribution in [3.05, 3.63) is 60.2 Å². The minimum absolute atomic E-state index is 0. The summed E-state index contributed by atoms with van der Waals surface area (Å²) >= 11 is 0. The summed E-state index contributed by atoms with van der Waals surface area (Å²) in [6, 6.07) is 17.7. The van der Waals surface area contributed by atoms with Crippen LogP contribution in [0.5, 0.6) is 5.75 Å². The molecule has 5 heteroatoms. The zero-order valence-electron chi connectivity index (χ0n) is 13.7. The molecule has 0 heterocycles. The van der Waals surface area contributed by atoms with E-state index in [9.17, 15) is 5.11 Å². The topological polar surface area (TPSA) is 53.5 Å². The highest BCUT2D eigenvalue weighted by Gasteiger charge is 2.34. The Hall–Kier alpha value is -1.75. The van der Waals surface area contributed by atoms with Gasteiger partial charge in [-0.25, -0.2) is 0 Å². The normalized spacial score (nSPS) is 14.3. The van der Waals surface area contributed by atoms with Gasteiger partial charge in [0, 0.05) is 12.2 Å². The number of aliphatic hydroxyl groups excluding tert-OH is 1. The molecule has 0 aliphatic heterocycles. The lowest BCUT2D eigenvalue weighted by Crippen LogP contribution is -2.48. The Morgan fingerprint density at radius 3 is 2.22 bits per heavy atom. The molecule has 0 radical (unpaired) electrons. The van der Waals surface area contributed by atoms with Gasteiger partial charge in [-0.15, -0.1) is 12.4 Å². The van der Waals surface area contributed by atoms with E-state index in [4.69, 9.17) is 4.74 Å². The highest BCUT2D eigenvalue weighted by atomic mass is 35.5. The molecule has 0 bridgehead atoms. The third-order valence-corrected chi connectivity index (χ3v) is 3.93. The Kier molecular flexibility index (Phi) is 7.36. The molecule has 0 fully saturated rings. The van der Waals surface area contributed by atoms with Gasteiger partial charge in [0.1, 0.15) is 5.75 Å². The first-order valence-corrected chi connectivity index (χ1v) is 7.40. The van der Waals surface area contributed by atoms with E-state index in [2.05, 4.69) is 10.6 Å².